The van der Waals surface area contributed by atoms with Crippen molar-refractivity contribution in [2.45, 2.75) is 57.5 Å². The van der Waals surface area contributed by atoms with E-state index in [-0.39, 0.29) is 16.7 Å². The van der Waals surface area contributed by atoms with Gasteiger partial charge >= 0.3 is 0 Å². The Morgan fingerprint density at radius 3 is 2.64 bits per heavy atom. The average molecular weight is 380 g/mol. The van der Waals surface area contributed by atoms with Gasteiger partial charge in [-0.25, -0.2) is 4.98 Å². The highest BCUT2D eigenvalue weighted by molar-refractivity contribution is 7.99. The highest BCUT2D eigenvalue weighted by Crippen LogP contribution is 2.27. The summed E-state index contributed by atoms with van der Waals surface area (Å²) in [7, 11) is 0. The van der Waals surface area contributed by atoms with Gasteiger partial charge in [-0.15, -0.1) is 23.1 Å². The fourth-order valence-corrected chi connectivity index (χ4v) is 5.08. The molecule has 1 amide bonds. The Hall–Kier alpha value is -1.34. The molecular formula is C18H25N3O2S2. The van der Waals surface area contributed by atoms with Crippen LogP contribution in [0.25, 0.3) is 10.2 Å². The molecule has 0 radical (unpaired) electrons. The first-order chi connectivity index (χ1) is 12.0. The van der Waals surface area contributed by atoms with Crippen LogP contribution in [0.1, 0.15) is 48.9 Å². The molecule has 1 saturated heterocycles. The van der Waals surface area contributed by atoms with Crippen molar-refractivity contribution < 1.29 is 4.79 Å². The Morgan fingerprint density at radius 1 is 1.28 bits per heavy atom. The molecule has 0 saturated carbocycles. The van der Waals surface area contributed by atoms with Crippen LogP contribution in [0, 0.1) is 13.8 Å². The first-order valence-corrected chi connectivity index (χ1v) is 10.7. The molecule has 1 aliphatic rings. The Morgan fingerprint density at radius 2 is 1.96 bits per heavy atom. The summed E-state index contributed by atoms with van der Waals surface area (Å²) in [5.74, 6) is 1.40. The van der Waals surface area contributed by atoms with Crippen LogP contribution in [-0.4, -0.2) is 39.1 Å². The fraction of sp³-hybridized carbons (Fsp3) is 0.611. The van der Waals surface area contributed by atoms with Crippen LogP contribution in [-0.2, 0) is 10.5 Å². The number of likely N-dealkylation sites (tertiary alicyclic amines) is 1. The maximum atomic E-state index is 12.6. The Labute approximate surface area is 156 Å². The molecule has 0 aliphatic carbocycles. The van der Waals surface area contributed by atoms with Crippen LogP contribution < -0.4 is 5.56 Å². The van der Waals surface area contributed by atoms with E-state index in [4.69, 9.17) is 0 Å². The van der Waals surface area contributed by atoms with Gasteiger partial charge in [0.1, 0.15) is 10.7 Å². The summed E-state index contributed by atoms with van der Waals surface area (Å²) < 4.78 is 0. The van der Waals surface area contributed by atoms with E-state index in [1.807, 2.05) is 25.7 Å². The third kappa shape index (κ3) is 4.08. The second-order valence-electron chi connectivity index (χ2n) is 6.67. The van der Waals surface area contributed by atoms with Gasteiger partial charge in [-0.3, -0.25) is 9.59 Å². The number of nitrogens with zero attached hydrogens (tertiary/aromatic N) is 2. The van der Waals surface area contributed by atoms with Crippen LogP contribution in [0.3, 0.4) is 0 Å². The van der Waals surface area contributed by atoms with Gasteiger partial charge < -0.3 is 9.88 Å². The molecule has 0 bridgehead atoms. The van der Waals surface area contributed by atoms with E-state index in [0.29, 0.717) is 17.0 Å². The summed E-state index contributed by atoms with van der Waals surface area (Å²) in [6.45, 7) is 7.67. The third-order valence-corrected chi connectivity index (χ3v) is 7.07. The number of hydrogen-bond donors (Lipinski definition) is 1. The molecule has 0 spiro atoms. The monoisotopic (exact) mass is 379 g/mol. The largest absolute Gasteiger partial charge is 0.342 e. The molecule has 3 rings (SSSR count). The van der Waals surface area contributed by atoms with Gasteiger partial charge in [0.25, 0.3) is 5.56 Å². The molecule has 0 aromatic carbocycles. The van der Waals surface area contributed by atoms with Crippen molar-refractivity contribution in [2.24, 2.45) is 0 Å². The highest BCUT2D eigenvalue weighted by atomic mass is 32.2. The fourth-order valence-electron chi connectivity index (χ4n) is 3.19. The smallest absolute Gasteiger partial charge is 0.259 e. The lowest BCUT2D eigenvalue weighted by Crippen LogP contribution is -2.37. The molecule has 7 heteroatoms. The lowest BCUT2D eigenvalue weighted by atomic mass is 10.2. The summed E-state index contributed by atoms with van der Waals surface area (Å²) in [4.78, 5) is 36.3. The van der Waals surface area contributed by atoms with Crippen molar-refractivity contribution in [2.75, 3.05) is 13.1 Å². The maximum Gasteiger partial charge on any atom is 0.259 e. The summed E-state index contributed by atoms with van der Waals surface area (Å²) in [6, 6.07) is 0. The van der Waals surface area contributed by atoms with Crippen molar-refractivity contribution in [1.29, 1.82) is 0 Å². The average Bonchev–Trinajstić information content (AvgIpc) is 2.78. The number of aromatic nitrogens is 2. The maximum absolute atomic E-state index is 12.6. The predicted octanol–water partition coefficient (Wildman–Crippen LogP) is 3.63. The van der Waals surface area contributed by atoms with E-state index in [1.165, 1.54) is 12.8 Å². The van der Waals surface area contributed by atoms with Crippen molar-refractivity contribution in [3.05, 3.63) is 26.6 Å². The second-order valence-corrected chi connectivity index (χ2v) is 9.20. The normalized spacial score (nSPS) is 16.8. The number of nitrogens with one attached hydrogen (secondary N) is 1. The number of fused-ring (bicyclic) bond motifs is 1. The Kier molecular flexibility index (Phi) is 5.84. The summed E-state index contributed by atoms with van der Waals surface area (Å²) >= 11 is 3.10. The van der Waals surface area contributed by atoms with Crippen molar-refractivity contribution in [3.63, 3.8) is 0 Å². The molecule has 3 heterocycles. The summed E-state index contributed by atoms with van der Waals surface area (Å²) in [5, 5.41) is 0.579. The molecule has 25 heavy (non-hydrogen) atoms. The molecule has 1 unspecified atom stereocenters. The number of aryl methyl sites for hydroxylation is 2. The molecule has 136 valence electrons. The van der Waals surface area contributed by atoms with E-state index >= 15 is 0 Å². The van der Waals surface area contributed by atoms with Gasteiger partial charge in [-0.1, -0.05) is 12.8 Å². The molecule has 1 atom stereocenters. The highest BCUT2D eigenvalue weighted by Gasteiger charge is 2.22. The molecular weight excluding hydrogens is 354 g/mol. The minimum absolute atomic E-state index is 0.0750. The van der Waals surface area contributed by atoms with E-state index in [9.17, 15) is 9.59 Å². The SMILES string of the molecule is Cc1sc2nc(CSC(C)C(=O)N3CCCCCC3)[nH]c(=O)c2c1C. The molecule has 5 nitrogen and oxygen atoms in total. The molecule has 1 aliphatic heterocycles. The topological polar surface area (TPSA) is 66.1 Å². The van der Waals surface area contributed by atoms with E-state index in [0.717, 1.165) is 41.2 Å². The van der Waals surface area contributed by atoms with Crippen molar-refractivity contribution in [3.8, 4) is 0 Å². The summed E-state index contributed by atoms with van der Waals surface area (Å²) in [5.41, 5.74) is 0.937. The number of amides is 1. The zero-order chi connectivity index (χ0) is 18.0. The number of rotatable bonds is 4. The zero-order valence-corrected chi connectivity index (χ0v) is 16.7. The van der Waals surface area contributed by atoms with Crippen LogP contribution in [0.5, 0.6) is 0 Å². The number of thiophene rings is 1. The van der Waals surface area contributed by atoms with Crippen LogP contribution in [0.4, 0.5) is 0 Å². The first-order valence-electron chi connectivity index (χ1n) is 8.86. The van der Waals surface area contributed by atoms with Gasteiger partial charge in [0, 0.05) is 18.0 Å². The molecule has 2 aromatic rings. The minimum atomic E-state index is -0.120. The first kappa shape index (κ1) is 18.5. The number of thioether (sulfide) groups is 1. The standard InChI is InChI=1S/C18H25N3O2S2/c1-11-12(2)25-17-15(11)16(22)19-14(20-17)10-24-13(3)18(23)21-8-6-4-5-7-9-21/h13H,4-10H2,1-3H3,(H,19,20,22). The Balaban J connectivity index is 1.67. The van der Waals surface area contributed by atoms with Gasteiger partial charge in [0.05, 0.1) is 16.4 Å². The quantitative estimate of drug-likeness (QED) is 0.881. The predicted molar refractivity (Wildman–Crippen MR) is 106 cm³/mol. The van der Waals surface area contributed by atoms with Crippen molar-refractivity contribution >= 4 is 39.2 Å². The van der Waals surface area contributed by atoms with Gasteiger partial charge in [0.2, 0.25) is 5.91 Å². The number of H-pyrrole nitrogens is 1. The lowest BCUT2D eigenvalue weighted by Gasteiger charge is -2.23. The third-order valence-electron chi connectivity index (χ3n) is 4.82. The number of carbonyl (C=O) groups excluding carboxylic acids is 1. The van der Waals surface area contributed by atoms with Crippen molar-refractivity contribution in [1.82, 2.24) is 14.9 Å². The van der Waals surface area contributed by atoms with Crippen LogP contribution in [0.2, 0.25) is 0 Å². The van der Waals surface area contributed by atoms with E-state index < -0.39 is 0 Å². The van der Waals surface area contributed by atoms with Crippen LogP contribution in [0.15, 0.2) is 4.79 Å². The number of aromatic amines is 1. The Bertz CT molecular complexity index is 820. The molecule has 2 aromatic heterocycles. The zero-order valence-electron chi connectivity index (χ0n) is 15.1. The van der Waals surface area contributed by atoms with Gasteiger partial charge in [-0.05, 0) is 39.2 Å². The summed E-state index contributed by atoms with van der Waals surface area (Å²) in [6.07, 6.45) is 4.64. The number of carbonyl (C=O) groups is 1. The number of hydrogen-bond acceptors (Lipinski definition) is 5. The van der Waals surface area contributed by atoms with E-state index in [1.54, 1.807) is 23.1 Å². The van der Waals surface area contributed by atoms with Gasteiger partial charge in [0.15, 0.2) is 0 Å². The van der Waals surface area contributed by atoms with E-state index in [2.05, 4.69) is 9.97 Å². The molecule has 1 N–H and O–H groups in total. The molecule has 1 fully saturated rings. The van der Waals surface area contributed by atoms with Crippen LogP contribution >= 0.6 is 23.1 Å². The van der Waals surface area contributed by atoms with Gasteiger partial charge in [-0.2, -0.15) is 0 Å². The second kappa shape index (κ2) is 7.91. The lowest BCUT2D eigenvalue weighted by molar-refractivity contribution is -0.130. The minimum Gasteiger partial charge on any atom is -0.342 e.